The molecule has 0 aliphatic carbocycles. The van der Waals surface area contributed by atoms with Crippen molar-refractivity contribution in [2.24, 2.45) is 0 Å². The van der Waals surface area contributed by atoms with Crippen LogP contribution in [0.15, 0.2) is 48.5 Å². The summed E-state index contributed by atoms with van der Waals surface area (Å²) in [6.45, 7) is 4.29. The summed E-state index contributed by atoms with van der Waals surface area (Å²) >= 11 is 1.80. The molecule has 0 spiro atoms. The Balaban J connectivity index is 1.21. The molecule has 0 bridgehead atoms. The third-order valence-corrected chi connectivity index (χ3v) is 6.50. The molecule has 1 amide bonds. The molecular weight excluding hydrogens is 368 g/mol. The van der Waals surface area contributed by atoms with Gasteiger partial charge in [0.25, 0.3) is 0 Å². The summed E-state index contributed by atoms with van der Waals surface area (Å²) in [6.07, 6.45) is 3.32. The van der Waals surface area contributed by atoms with Crippen LogP contribution in [0.5, 0.6) is 5.75 Å². The predicted octanol–water partition coefficient (Wildman–Crippen LogP) is 5.17. The van der Waals surface area contributed by atoms with Gasteiger partial charge in [-0.3, -0.25) is 4.79 Å². The molecule has 2 aromatic carbocycles. The second kappa shape index (κ2) is 8.74. The highest BCUT2D eigenvalue weighted by Gasteiger charge is 2.25. The molecule has 146 valence electrons. The van der Waals surface area contributed by atoms with Gasteiger partial charge in [0.05, 0.1) is 21.8 Å². The first kappa shape index (κ1) is 18.9. The molecule has 1 saturated heterocycles. The van der Waals surface area contributed by atoms with E-state index in [9.17, 15) is 4.79 Å². The summed E-state index contributed by atoms with van der Waals surface area (Å²) in [5, 5.41) is 1.22. The van der Waals surface area contributed by atoms with E-state index in [0.29, 0.717) is 18.9 Å². The highest BCUT2D eigenvalue weighted by molar-refractivity contribution is 7.18. The number of amides is 1. The van der Waals surface area contributed by atoms with Crippen molar-refractivity contribution in [1.82, 2.24) is 9.88 Å². The van der Waals surface area contributed by atoms with Gasteiger partial charge in [-0.2, -0.15) is 0 Å². The van der Waals surface area contributed by atoms with Gasteiger partial charge in [-0.25, -0.2) is 4.98 Å². The number of para-hydroxylation sites is 1. The Hall–Kier alpha value is -2.40. The quantitative estimate of drug-likeness (QED) is 0.542. The zero-order chi connectivity index (χ0) is 19.3. The predicted molar refractivity (Wildman–Crippen MR) is 114 cm³/mol. The minimum Gasteiger partial charge on any atom is -0.494 e. The fourth-order valence-corrected chi connectivity index (χ4v) is 4.85. The molecule has 4 rings (SSSR count). The van der Waals surface area contributed by atoms with E-state index in [1.807, 2.05) is 42.2 Å². The number of ether oxygens (including phenoxy) is 1. The van der Waals surface area contributed by atoms with Crippen LogP contribution in [0.1, 0.15) is 42.2 Å². The van der Waals surface area contributed by atoms with Crippen molar-refractivity contribution in [3.63, 3.8) is 0 Å². The van der Waals surface area contributed by atoms with Crippen LogP contribution >= 0.6 is 11.3 Å². The third-order valence-electron chi connectivity index (χ3n) is 5.30. The highest BCUT2D eigenvalue weighted by atomic mass is 32.1. The molecule has 1 aliphatic rings. The van der Waals surface area contributed by atoms with E-state index < -0.39 is 0 Å². The molecule has 1 aliphatic heterocycles. The minimum atomic E-state index is 0.246. The van der Waals surface area contributed by atoms with E-state index in [1.165, 1.54) is 15.3 Å². The van der Waals surface area contributed by atoms with E-state index in [1.54, 1.807) is 11.3 Å². The summed E-state index contributed by atoms with van der Waals surface area (Å²) in [7, 11) is 0. The van der Waals surface area contributed by atoms with Crippen LogP contribution < -0.4 is 4.74 Å². The Morgan fingerprint density at radius 3 is 2.79 bits per heavy atom. The van der Waals surface area contributed by atoms with Gasteiger partial charge >= 0.3 is 0 Å². The van der Waals surface area contributed by atoms with Crippen LogP contribution in [0, 0.1) is 6.92 Å². The summed E-state index contributed by atoms with van der Waals surface area (Å²) < 4.78 is 7.00. The molecule has 4 nitrogen and oxygen atoms in total. The lowest BCUT2D eigenvalue weighted by Crippen LogP contribution is -2.37. The Morgan fingerprint density at radius 1 is 1.18 bits per heavy atom. The van der Waals surface area contributed by atoms with Crippen LogP contribution in [0.2, 0.25) is 0 Å². The second-order valence-corrected chi connectivity index (χ2v) is 8.51. The first-order valence-electron chi connectivity index (χ1n) is 10.0. The van der Waals surface area contributed by atoms with Gasteiger partial charge in [0, 0.05) is 25.4 Å². The standard InChI is InChI=1S/C23H26N2O2S/c1-17-6-4-7-19(16-17)27-15-5-10-22(26)25-13-11-18(12-14-25)23-24-20-8-2-3-9-21(20)28-23/h2-4,6-9,16,18H,5,10-15H2,1H3. The number of fused-ring (bicyclic) bond motifs is 1. The number of carbonyl (C=O) groups is 1. The van der Waals surface area contributed by atoms with Crippen molar-refractivity contribution in [2.75, 3.05) is 19.7 Å². The Labute approximate surface area is 170 Å². The van der Waals surface area contributed by atoms with Crippen molar-refractivity contribution in [1.29, 1.82) is 0 Å². The molecule has 28 heavy (non-hydrogen) atoms. The molecule has 0 atom stereocenters. The fraction of sp³-hybridized carbons (Fsp3) is 0.391. The number of carbonyl (C=O) groups excluding carboxylic acids is 1. The van der Waals surface area contributed by atoms with Crippen LogP contribution in [-0.4, -0.2) is 35.5 Å². The second-order valence-electron chi connectivity index (χ2n) is 7.44. The van der Waals surface area contributed by atoms with Crippen LogP contribution in [0.3, 0.4) is 0 Å². The summed E-state index contributed by atoms with van der Waals surface area (Å²) in [5.74, 6) is 1.60. The largest absolute Gasteiger partial charge is 0.494 e. The lowest BCUT2D eigenvalue weighted by Gasteiger charge is -2.31. The summed E-state index contributed by atoms with van der Waals surface area (Å²) in [5.41, 5.74) is 2.28. The Kier molecular flexibility index (Phi) is 5.91. The van der Waals surface area contributed by atoms with Gasteiger partial charge in [-0.05, 0) is 56.0 Å². The van der Waals surface area contributed by atoms with Gasteiger partial charge in [0.15, 0.2) is 0 Å². The monoisotopic (exact) mass is 394 g/mol. The summed E-state index contributed by atoms with van der Waals surface area (Å²) in [4.78, 5) is 19.3. The molecule has 2 heterocycles. The van der Waals surface area contributed by atoms with Crippen LogP contribution in [0.4, 0.5) is 0 Å². The maximum Gasteiger partial charge on any atom is 0.222 e. The van der Waals surface area contributed by atoms with E-state index in [-0.39, 0.29) is 5.91 Å². The number of hydrogen-bond acceptors (Lipinski definition) is 4. The van der Waals surface area contributed by atoms with Gasteiger partial charge < -0.3 is 9.64 Å². The maximum atomic E-state index is 12.5. The first-order valence-corrected chi connectivity index (χ1v) is 10.8. The number of thiazole rings is 1. The van der Waals surface area contributed by atoms with E-state index in [0.717, 1.165) is 43.6 Å². The molecule has 0 unspecified atom stereocenters. The third kappa shape index (κ3) is 4.53. The fourth-order valence-electron chi connectivity index (χ4n) is 3.72. The minimum absolute atomic E-state index is 0.246. The number of benzene rings is 2. The number of aryl methyl sites for hydroxylation is 1. The van der Waals surface area contributed by atoms with Crippen molar-refractivity contribution in [3.8, 4) is 5.75 Å². The lowest BCUT2D eigenvalue weighted by molar-refractivity contribution is -0.132. The first-order chi connectivity index (χ1) is 13.7. The normalized spacial score (nSPS) is 15.1. The molecule has 0 N–H and O–H groups in total. The zero-order valence-electron chi connectivity index (χ0n) is 16.3. The van der Waals surface area contributed by atoms with Crippen molar-refractivity contribution in [3.05, 3.63) is 59.1 Å². The molecule has 0 saturated carbocycles. The number of nitrogens with zero attached hydrogens (tertiary/aromatic N) is 2. The number of hydrogen-bond donors (Lipinski definition) is 0. The van der Waals surface area contributed by atoms with Gasteiger partial charge in [0.2, 0.25) is 5.91 Å². The van der Waals surface area contributed by atoms with Crippen molar-refractivity contribution < 1.29 is 9.53 Å². The average molecular weight is 395 g/mol. The van der Waals surface area contributed by atoms with E-state index in [4.69, 9.17) is 9.72 Å². The smallest absolute Gasteiger partial charge is 0.222 e. The van der Waals surface area contributed by atoms with Gasteiger partial charge in [0.1, 0.15) is 5.75 Å². The number of piperidine rings is 1. The van der Waals surface area contributed by atoms with Crippen molar-refractivity contribution in [2.45, 2.75) is 38.5 Å². The lowest BCUT2D eigenvalue weighted by atomic mass is 9.97. The summed E-state index contributed by atoms with van der Waals surface area (Å²) in [6, 6.07) is 16.3. The molecule has 0 radical (unpaired) electrons. The molecule has 1 aromatic heterocycles. The Morgan fingerprint density at radius 2 is 2.00 bits per heavy atom. The highest BCUT2D eigenvalue weighted by Crippen LogP contribution is 2.33. The number of likely N-dealkylation sites (tertiary alicyclic amines) is 1. The number of rotatable bonds is 6. The SMILES string of the molecule is Cc1cccc(OCCCC(=O)N2CCC(c3nc4ccccc4s3)CC2)c1. The average Bonchev–Trinajstić information content (AvgIpc) is 3.15. The Bertz CT molecular complexity index is 911. The maximum absolute atomic E-state index is 12.5. The molecule has 1 fully saturated rings. The van der Waals surface area contributed by atoms with Gasteiger partial charge in [-0.15, -0.1) is 11.3 Å². The van der Waals surface area contributed by atoms with Crippen LogP contribution in [-0.2, 0) is 4.79 Å². The van der Waals surface area contributed by atoms with E-state index >= 15 is 0 Å². The molecular formula is C23H26N2O2S. The molecule has 5 heteroatoms. The van der Waals surface area contributed by atoms with Gasteiger partial charge in [-0.1, -0.05) is 24.3 Å². The van der Waals surface area contributed by atoms with Crippen LogP contribution in [0.25, 0.3) is 10.2 Å². The zero-order valence-corrected chi connectivity index (χ0v) is 17.1. The topological polar surface area (TPSA) is 42.4 Å². The van der Waals surface area contributed by atoms with E-state index in [2.05, 4.69) is 18.2 Å². The molecule has 3 aromatic rings. The van der Waals surface area contributed by atoms with Crippen molar-refractivity contribution >= 4 is 27.5 Å². The number of aromatic nitrogens is 1.